The van der Waals surface area contributed by atoms with E-state index in [1.165, 1.54) is 93.9 Å². The van der Waals surface area contributed by atoms with Gasteiger partial charge in [0.25, 0.3) is 0 Å². The molecule has 0 radical (unpaired) electrons. The monoisotopic (exact) mass is 658 g/mol. The molecule has 1 heteroatoms. The van der Waals surface area contributed by atoms with Crippen molar-refractivity contribution >= 4 is 21.5 Å². The fourth-order valence-electron chi connectivity index (χ4n) is 9.78. The molecule has 0 bridgehead atoms. The Morgan fingerprint density at radius 1 is 0.308 bits per heavy atom. The molecule has 1 aliphatic heterocycles. The fraction of sp³-hybridized carbons (Fsp3) is 0.0196. The van der Waals surface area contributed by atoms with Crippen molar-refractivity contribution in [1.82, 2.24) is 0 Å². The van der Waals surface area contributed by atoms with Crippen molar-refractivity contribution in [3.8, 4) is 67.1 Å². The summed E-state index contributed by atoms with van der Waals surface area (Å²) in [6.45, 7) is 0. The SMILES string of the molecule is c1ccc2c(c1)Oc1ccc(-c3ccc(-c4ccc5c(c4)C4(c6ccccc6-5)c5ccccc5-c5cccc6cccc4c56)cc3)c3cccc-2c13. The van der Waals surface area contributed by atoms with Crippen LogP contribution in [0.3, 0.4) is 0 Å². The first-order valence-corrected chi connectivity index (χ1v) is 18.1. The number of ether oxygens (including phenoxy) is 1. The van der Waals surface area contributed by atoms with Crippen LogP contribution in [-0.2, 0) is 5.41 Å². The predicted molar refractivity (Wildman–Crippen MR) is 214 cm³/mol. The van der Waals surface area contributed by atoms with E-state index in [2.05, 4.69) is 176 Å². The Bertz CT molecular complexity index is 2980. The largest absolute Gasteiger partial charge is 0.456 e. The van der Waals surface area contributed by atoms with Crippen LogP contribution in [0.2, 0.25) is 0 Å². The van der Waals surface area contributed by atoms with E-state index in [4.69, 9.17) is 4.74 Å². The van der Waals surface area contributed by atoms with Crippen LogP contribution in [0, 0.1) is 0 Å². The highest BCUT2D eigenvalue weighted by Crippen LogP contribution is 2.62. The molecule has 0 saturated carbocycles. The Kier molecular flexibility index (Phi) is 5.49. The van der Waals surface area contributed by atoms with Crippen LogP contribution in [0.5, 0.6) is 11.5 Å². The van der Waals surface area contributed by atoms with E-state index in [-0.39, 0.29) is 0 Å². The maximum Gasteiger partial charge on any atom is 0.135 e. The summed E-state index contributed by atoms with van der Waals surface area (Å²) in [4.78, 5) is 0. The zero-order valence-corrected chi connectivity index (χ0v) is 28.2. The number of hydrogen-bond donors (Lipinski definition) is 0. The maximum absolute atomic E-state index is 6.38. The van der Waals surface area contributed by atoms with Crippen molar-refractivity contribution in [2.45, 2.75) is 5.41 Å². The summed E-state index contributed by atoms with van der Waals surface area (Å²) in [7, 11) is 0. The summed E-state index contributed by atoms with van der Waals surface area (Å²) in [6, 6.07) is 67.3. The van der Waals surface area contributed by atoms with E-state index in [1.54, 1.807) is 0 Å². The van der Waals surface area contributed by atoms with E-state index >= 15 is 0 Å². The summed E-state index contributed by atoms with van der Waals surface area (Å²) in [5.74, 6) is 1.83. The topological polar surface area (TPSA) is 9.23 Å². The van der Waals surface area contributed by atoms with Crippen LogP contribution in [0.25, 0.3) is 77.2 Å². The molecule has 0 amide bonds. The lowest BCUT2D eigenvalue weighted by atomic mass is 9.61. The van der Waals surface area contributed by atoms with Crippen LogP contribution in [0.1, 0.15) is 22.3 Å². The number of fused-ring (bicyclic) bond motifs is 11. The van der Waals surface area contributed by atoms with Crippen LogP contribution in [-0.4, -0.2) is 0 Å². The third-order valence-electron chi connectivity index (χ3n) is 11.9. The molecule has 240 valence electrons. The minimum absolute atomic E-state index is 0.420. The lowest BCUT2D eigenvalue weighted by Gasteiger charge is -2.40. The molecule has 3 aliphatic rings. The van der Waals surface area contributed by atoms with Crippen LogP contribution in [0.4, 0.5) is 0 Å². The molecule has 0 fully saturated rings. The normalized spacial score (nSPS) is 15.5. The average molecular weight is 659 g/mol. The highest BCUT2D eigenvalue weighted by atomic mass is 16.5. The van der Waals surface area contributed by atoms with Gasteiger partial charge in [-0.2, -0.15) is 0 Å². The Balaban J connectivity index is 1.04. The fourth-order valence-corrected chi connectivity index (χ4v) is 9.78. The Morgan fingerprint density at radius 2 is 0.865 bits per heavy atom. The zero-order chi connectivity index (χ0) is 34.0. The second-order valence-corrected chi connectivity index (χ2v) is 14.3. The summed E-state index contributed by atoms with van der Waals surface area (Å²) in [6.07, 6.45) is 0. The molecule has 9 aromatic carbocycles. The van der Waals surface area contributed by atoms with Crippen molar-refractivity contribution in [3.05, 3.63) is 204 Å². The van der Waals surface area contributed by atoms with E-state index in [9.17, 15) is 0 Å². The molecule has 1 unspecified atom stereocenters. The van der Waals surface area contributed by atoms with Gasteiger partial charge < -0.3 is 4.74 Å². The van der Waals surface area contributed by atoms with Gasteiger partial charge in [0.15, 0.2) is 0 Å². The molecule has 9 aromatic rings. The third kappa shape index (κ3) is 3.52. The molecule has 0 saturated heterocycles. The Morgan fingerprint density at radius 3 is 1.67 bits per heavy atom. The summed E-state index contributed by atoms with van der Waals surface area (Å²) < 4.78 is 6.38. The van der Waals surface area contributed by atoms with Crippen molar-refractivity contribution in [1.29, 1.82) is 0 Å². The predicted octanol–water partition coefficient (Wildman–Crippen LogP) is 13.4. The Labute approximate surface area is 302 Å². The number of rotatable bonds is 2. The van der Waals surface area contributed by atoms with Gasteiger partial charge in [0.1, 0.15) is 11.5 Å². The first-order valence-electron chi connectivity index (χ1n) is 18.1. The summed E-state index contributed by atoms with van der Waals surface area (Å²) >= 11 is 0. The third-order valence-corrected chi connectivity index (χ3v) is 11.9. The number of hydrogen-bond acceptors (Lipinski definition) is 1. The first-order chi connectivity index (χ1) is 25.8. The van der Waals surface area contributed by atoms with E-state index in [1.807, 2.05) is 6.07 Å². The van der Waals surface area contributed by atoms with Gasteiger partial charge in [-0.05, 0) is 107 Å². The van der Waals surface area contributed by atoms with Gasteiger partial charge in [-0.25, -0.2) is 0 Å². The van der Waals surface area contributed by atoms with E-state index in [0.717, 1.165) is 17.1 Å². The molecule has 1 nitrogen and oxygen atoms in total. The first kappa shape index (κ1) is 28.0. The molecule has 0 aromatic heterocycles. The van der Waals surface area contributed by atoms with Crippen molar-refractivity contribution in [2.24, 2.45) is 0 Å². The average Bonchev–Trinajstić information content (AvgIpc) is 3.50. The Hall–Kier alpha value is -6.70. The van der Waals surface area contributed by atoms with Crippen molar-refractivity contribution in [2.75, 3.05) is 0 Å². The molecule has 1 heterocycles. The smallest absolute Gasteiger partial charge is 0.135 e. The van der Waals surface area contributed by atoms with Crippen molar-refractivity contribution < 1.29 is 4.74 Å². The van der Waals surface area contributed by atoms with Gasteiger partial charge in [0, 0.05) is 10.9 Å². The molecule has 1 spiro atoms. The van der Waals surface area contributed by atoms with Crippen molar-refractivity contribution in [3.63, 3.8) is 0 Å². The molecular weight excluding hydrogens is 629 g/mol. The highest BCUT2D eigenvalue weighted by molar-refractivity contribution is 6.10. The van der Waals surface area contributed by atoms with Gasteiger partial charge in [0.05, 0.1) is 5.41 Å². The lowest BCUT2D eigenvalue weighted by molar-refractivity contribution is 0.487. The van der Waals surface area contributed by atoms with Gasteiger partial charge in [-0.3, -0.25) is 0 Å². The van der Waals surface area contributed by atoms with Crippen LogP contribution in [0.15, 0.2) is 182 Å². The second kappa shape index (κ2) is 10.2. The molecule has 2 aliphatic carbocycles. The van der Waals surface area contributed by atoms with E-state index in [0.29, 0.717) is 0 Å². The van der Waals surface area contributed by atoms with Gasteiger partial charge >= 0.3 is 0 Å². The van der Waals surface area contributed by atoms with E-state index < -0.39 is 5.41 Å². The molecule has 0 N–H and O–H groups in total. The molecule has 1 atom stereocenters. The lowest BCUT2D eigenvalue weighted by Crippen LogP contribution is -2.31. The van der Waals surface area contributed by atoms with Gasteiger partial charge in [-0.1, -0.05) is 164 Å². The zero-order valence-electron chi connectivity index (χ0n) is 28.2. The van der Waals surface area contributed by atoms with Crippen LogP contribution < -0.4 is 4.74 Å². The van der Waals surface area contributed by atoms with Gasteiger partial charge in [0.2, 0.25) is 0 Å². The van der Waals surface area contributed by atoms with Crippen LogP contribution >= 0.6 is 0 Å². The minimum atomic E-state index is -0.420. The number of para-hydroxylation sites is 1. The number of benzene rings is 9. The maximum atomic E-state index is 6.38. The molecule has 12 rings (SSSR count). The quantitative estimate of drug-likeness (QED) is 0.180. The summed E-state index contributed by atoms with van der Waals surface area (Å²) in [5.41, 5.74) is 17.5. The molecular formula is C51H30O. The highest BCUT2D eigenvalue weighted by Gasteiger charge is 2.50. The summed E-state index contributed by atoms with van der Waals surface area (Å²) in [5, 5.41) is 5.03. The minimum Gasteiger partial charge on any atom is -0.456 e. The standard InChI is InChI=1S/C51H30O/c1-4-18-43-36(12-1)38-27-26-34(30-46(38)51(43)44-19-5-2-13-37(44)41-15-7-10-33-11-8-20-45(51)49(33)41)31-22-24-32(25-23-31)35-28-29-48-50-40(35)16-9-17-42(50)39-14-3-6-21-47(39)52-48/h1-30H. The molecule has 52 heavy (non-hydrogen) atoms. The van der Waals surface area contributed by atoms with Gasteiger partial charge in [-0.15, -0.1) is 0 Å². The second-order valence-electron chi connectivity index (χ2n) is 14.3.